The molecule has 2 nitrogen and oxygen atoms in total. The van der Waals surface area contributed by atoms with Gasteiger partial charge in [-0.25, -0.2) is 0 Å². The summed E-state index contributed by atoms with van der Waals surface area (Å²) in [6.45, 7) is 14.2. The second-order valence-electron chi connectivity index (χ2n) is 4.63. The number of hydrogen-bond donors (Lipinski definition) is 1. The van der Waals surface area contributed by atoms with Gasteiger partial charge in [-0.05, 0) is 19.3 Å². The SMILES string of the molecule is C=CCC(C)N1CCNCC1C(C)C. The summed E-state index contributed by atoms with van der Waals surface area (Å²) >= 11 is 0. The van der Waals surface area contributed by atoms with Gasteiger partial charge in [0.05, 0.1) is 0 Å². The van der Waals surface area contributed by atoms with Crippen molar-refractivity contribution in [2.75, 3.05) is 19.6 Å². The minimum absolute atomic E-state index is 0.641. The van der Waals surface area contributed by atoms with Gasteiger partial charge in [-0.1, -0.05) is 19.9 Å². The van der Waals surface area contributed by atoms with Crippen LogP contribution in [0.25, 0.3) is 0 Å². The van der Waals surface area contributed by atoms with Gasteiger partial charge in [0.1, 0.15) is 0 Å². The topological polar surface area (TPSA) is 15.3 Å². The first-order valence-electron chi connectivity index (χ1n) is 5.74. The van der Waals surface area contributed by atoms with Crippen LogP contribution in [-0.2, 0) is 0 Å². The Morgan fingerprint density at radius 1 is 1.50 bits per heavy atom. The molecule has 1 heterocycles. The molecule has 1 rings (SSSR count). The van der Waals surface area contributed by atoms with E-state index in [1.807, 2.05) is 6.08 Å². The molecule has 2 heteroatoms. The zero-order chi connectivity index (χ0) is 10.6. The van der Waals surface area contributed by atoms with Crippen LogP contribution in [-0.4, -0.2) is 36.6 Å². The highest BCUT2D eigenvalue weighted by molar-refractivity contribution is 4.87. The largest absolute Gasteiger partial charge is 0.314 e. The molecule has 1 fully saturated rings. The lowest BCUT2D eigenvalue weighted by Gasteiger charge is -2.42. The van der Waals surface area contributed by atoms with Crippen LogP contribution >= 0.6 is 0 Å². The molecular formula is C12H24N2. The van der Waals surface area contributed by atoms with Crippen molar-refractivity contribution in [3.63, 3.8) is 0 Å². The van der Waals surface area contributed by atoms with Gasteiger partial charge in [0.2, 0.25) is 0 Å². The molecule has 0 amide bonds. The van der Waals surface area contributed by atoms with Crippen molar-refractivity contribution in [2.24, 2.45) is 5.92 Å². The van der Waals surface area contributed by atoms with Gasteiger partial charge >= 0.3 is 0 Å². The van der Waals surface area contributed by atoms with Crippen molar-refractivity contribution < 1.29 is 0 Å². The monoisotopic (exact) mass is 196 g/mol. The van der Waals surface area contributed by atoms with Gasteiger partial charge in [0.25, 0.3) is 0 Å². The van der Waals surface area contributed by atoms with E-state index in [1.54, 1.807) is 0 Å². The van der Waals surface area contributed by atoms with Crippen LogP contribution in [0.3, 0.4) is 0 Å². The van der Waals surface area contributed by atoms with E-state index in [0.717, 1.165) is 25.4 Å². The van der Waals surface area contributed by atoms with E-state index in [1.165, 1.54) is 6.54 Å². The normalized spacial score (nSPS) is 26.4. The summed E-state index contributed by atoms with van der Waals surface area (Å²) in [6, 6.07) is 1.33. The zero-order valence-electron chi connectivity index (χ0n) is 9.79. The lowest BCUT2D eigenvalue weighted by molar-refractivity contribution is 0.0856. The highest BCUT2D eigenvalue weighted by atomic mass is 15.2. The Hall–Kier alpha value is -0.340. The summed E-state index contributed by atoms with van der Waals surface area (Å²) in [5.74, 6) is 0.732. The third kappa shape index (κ3) is 2.82. The molecule has 1 aliphatic heterocycles. The third-order valence-corrected chi connectivity index (χ3v) is 3.17. The second-order valence-corrected chi connectivity index (χ2v) is 4.63. The summed E-state index contributed by atoms with van der Waals surface area (Å²) in [5, 5.41) is 3.48. The van der Waals surface area contributed by atoms with Crippen molar-refractivity contribution in [1.29, 1.82) is 0 Å². The quantitative estimate of drug-likeness (QED) is 0.691. The molecule has 0 saturated carbocycles. The van der Waals surface area contributed by atoms with Crippen LogP contribution in [0.15, 0.2) is 12.7 Å². The van der Waals surface area contributed by atoms with Crippen molar-refractivity contribution in [2.45, 2.75) is 39.3 Å². The third-order valence-electron chi connectivity index (χ3n) is 3.17. The molecule has 1 saturated heterocycles. The molecule has 0 aromatic rings. The Labute approximate surface area is 88.4 Å². The Bertz CT molecular complexity index is 177. The van der Waals surface area contributed by atoms with E-state index >= 15 is 0 Å². The van der Waals surface area contributed by atoms with Crippen LogP contribution in [0.4, 0.5) is 0 Å². The Morgan fingerprint density at radius 3 is 2.79 bits per heavy atom. The maximum Gasteiger partial charge on any atom is 0.0247 e. The standard InChI is InChI=1S/C12H24N2/c1-5-6-11(4)14-8-7-13-9-12(14)10(2)3/h5,10-13H,1,6-9H2,2-4H3. The van der Waals surface area contributed by atoms with Crippen LogP contribution in [0.1, 0.15) is 27.2 Å². The molecular weight excluding hydrogens is 172 g/mol. The minimum Gasteiger partial charge on any atom is -0.314 e. The maximum absolute atomic E-state index is 3.82. The lowest BCUT2D eigenvalue weighted by Crippen LogP contribution is -2.56. The van der Waals surface area contributed by atoms with E-state index in [2.05, 4.69) is 37.6 Å². The molecule has 0 aromatic carbocycles. The Morgan fingerprint density at radius 2 is 2.21 bits per heavy atom. The molecule has 0 aromatic heterocycles. The van der Waals surface area contributed by atoms with Crippen molar-refractivity contribution in [3.8, 4) is 0 Å². The zero-order valence-corrected chi connectivity index (χ0v) is 9.79. The van der Waals surface area contributed by atoms with Crippen LogP contribution < -0.4 is 5.32 Å². The fourth-order valence-corrected chi connectivity index (χ4v) is 2.28. The van der Waals surface area contributed by atoms with Crippen molar-refractivity contribution >= 4 is 0 Å². The van der Waals surface area contributed by atoms with E-state index in [4.69, 9.17) is 0 Å². The molecule has 1 N–H and O–H groups in total. The minimum atomic E-state index is 0.641. The summed E-state index contributed by atoms with van der Waals surface area (Å²) in [7, 11) is 0. The first kappa shape index (κ1) is 11.7. The summed E-state index contributed by atoms with van der Waals surface area (Å²) in [5.41, 5.74) is 0. The number of rotatable bonds is 4. The summed E-state index contributed by atoms with van der Waals surface area (Å²) < 4.78 is 0. The first-order chi connectivity index (χ1) is 6.66. The van der Waals surface area contributed by atoms with Crippen molar-refractivity contribution in [1.82, 2.24) is 10.2 Å². The predicted molar refractivity (Wildman–Crippen MR) is 62.5 cm³/mol. The average molecular weight is 196 g/mol. The van der Waals surface area contributed by atoms with Gasteiger partial charge in [-0.2, -0.15) is 0 Å². The molecule has 0 bridgehead atoms. The highest BCUT2D eigenvalue weighted by Crippen LogP contribution is 2.17. The number of nitrogens with zero attached hydrogens (tertiary/aromatic N) is 1. The number of hydrogen-bond acceptors (Lipinski definition) is 2. The van der Waals surface area contributed by atoms with Crippen LogP contribution in [0.2, 0.25) is 0 Å². The number of piperazine rings is 1. The summed E-state index contributed by atoms with van der Waals surface area (Å²) in [6.07, 6.45) is 3.13. The molecule has 2 unspecified atom stereocenters. The van der Waals surface area contributed by atoms with Gasteiger partial charge in [-0.15, -0.1) is 6.58 Å². The molecule has 2 atom stereocenters. The fraction of sp³-hybridized carbons (Fsp3) is 0.833. The van der Waals surface area contributed by atoms with E-state index < -0.39 is 0 Å². The Balaban J connectivity index is 2.57. The van der Waals surface area contributed by atoms with E-state index in [-0.39, 0.29) is 0 Å². The number of nitrogens with one attached hydrogen (secondary N) is 1. The predicted octanol–water partition coefficient (Wildman–Crippen LogP) is 1.88. The average Bonchev–Trinajstić information content (AvgIpc) is 2.18. The van der Waals surface area contributed by atoms with Crippen LogP contribution in [0.5, 0.6) is 0 Å². The molecule has 0 aliphatic carbocycles. The van der Waals surface area contributed by atoms with Gasteiger partial charge in [-0.3, -0.25) is 4.90 Å². The summed E-state index contributed by atoms with van der Waals surface area (Å²) in [4.78, 5) is 2.63. The van der Waals surface area contributed by atoms with E-state index in [9.17, 15) is 0 Å². The molecule has 1 aliphatic rings. The van der Waals surface area contributed by atoms with Crippen molar-refractivity contribution in [3.05, 3.63) is 12.7 Å². The molecule has 14 heavy (non-hydrogen) atoms. The van der Waals surface area contributed by atoms with Gasteiger partial charge in [0, 0.05) is 31.7 Å². The molecule has 0 radical (unpaired) electrons. The molecule has 82 valence electrons. The van der Waals surface area contributed by atoms with E-state index in [0.29, 0.717) is 12.1 Å². The van der Waals surface area contributed by atoms with Gasteiger partial charge in [0.15, 0.2) is 0 Å². The van der Waals surface area contributed by atoms with Crippen LogP contribution in [0, 0.1) is 5.92 Å². The van der Waals surface area contributed by atoms with Gasteiger partial charge < -0.3 is 5.32 Å². The fourth-order valence-electron chi connectivity index (χ4n) is 2.28. The highest BCUT2D eigenvalue weighted by Gasteiger charge is 2.27. The lowest BCUT2D eigenvalue weighted by atomic mass is 9.98. The smallest absolute Gasteiger partial charge is 0.0247 e. The Kier molecular flexibility index (Phi) is 4.63. The maximum atomic E-state index is 3.82. The first-order valence-corrected chi connectivity index (χ1v) is 5.74. The molecule has 0 spiro atoms. The second kappa shape index (κ2) is 5.52.